The molecule has 0 aromatic heterocycles. The predicted molar refractivity (Wildman–Crippen MR) is 59.8 cm³/mol. The topological polar surface area (TPSA) is 58.6 Å². The van der Waals surface area contributed by atoms with Gasteiger partial charge in [-0.05, 0) is 12.3 Å². The molecule has 1 fully saturated rings. The Kier molecular flexibility index (Phi) is 4.73. The van der Waals surface area contributed by atoms with Crippen molar-refractivity contribution in [1.82, 2.24) is 10.2 Å². The number of rotatable bonds is 5. The number of hydrogen-bond donors (Lipinski definition) is 1. The zero-order chi connectivity index (χ0) is 12.1. The molecule has 1 rings (SSSR count). The van der Waals surface area contributed by atoms with Crippen LogP contribution < -0.4 is 5.32 Å². The van der Waals surface area contributed by atoms with Crippen molar-refractivity contribution in [3.05, 3.63) is 0 Å². The molecule has 92 valence electrons. The molecule has 1 aliphatic rings. The van der Waals surface area contributed by atoms with Crippen molar-refractivity contribution in [3.8, 4) is 0 Å². The minimum atomic E-state index is -0.319. The highest BCUT2D eigenvalue weighted by Gasteiger charge is 2.33. The Morgan fingerprint density at radius 2 is 2.25 bits per heavy atom. The third-order valence-corrected chi connectivity index (χ3v) is 2.76. The maximum Gasteiger partial charge on any atom is 0.243 e. The molecule has 2 unspecified atom stereocenters. The van der Waals surface area contributed by atoms with Crippen molar-refractivity contribution in [3.63, 3.8) is 0 Å². The lowest BCUT2D eigenvalue weighted by molar-refractivity contribution is -0.146. The van der Waals surface area contributed by atoms with E-state index in [1.165, 1.54) is 0 Å². The van der Waals surface area contributed by atoms with Crippen LogP contribution in [0.3, 0.4) is 0 Å². The summed E-state index contributed by atoms with van der Waals surface area (Å²) in [6.07, 6.45) is 0.650. The Labute approximate surface area is 96.1 Å². The van der Waals surface area contributed by atoms with Gasteiger partial charge < -0.3 is 15.0 Å². The van der Waals surface area contributed by atoms with Gasteiger partial charge in [0.25, 0.3) is 0 Å². The summed E-state index contributed by atoms with van der Waals surface area (Å²) >= 11 is 0. The maximum absolute atomic E-state index is 11.7. The molecule has 2 atom stereocenters. The third-order valence-electron chi connectivity index (χ3n) is 2.76. The van der Waals surface area contributed by atoms with Crippen LogP contribution in [0.5, 0.6) is 0 Å². The van der Waals surface area contributed by atoms with Gasteiger partial charge in [0, 0.05) is 13.7 Å². The van der Waals surface area contributed by atoms with Crippen molar-refractivity contribution in [2.45, 2.75) is 26.3 Å². The number of methoxy groups -OCH3 is 1. The first-order valence-corrected chi connectivity index (χ1v) is 5.66. The minimum Gasteiger partial charge on any atom is -0.384 e. The SMILES string of the molecule is CCC1C(=O)NCC(=O)N1CC(C)COC. The zero-order valence-electron chi connectivity index (χ0n) is 10.2. The summed E-state index contributed by atoms with van der Waals surface area (Å²) in [7, 11) is 1.64. The molecule has 1 aliphatic heterocycles. The van der Waals surface area contributed by atoms with E-state index >= 15 is 0 Å². The highest BCUT2D eigenvalue weighted by molar-refractivity contribution is 5.94. The first kappa shape index (κ1) is 13.0. The fourth-order valence-corrected chi connectivity index (χ4v) is 2.01. The summed E-state index contributed by atoms with van der Waals surface area (Å²) < 4.78 is 5.04. The van der Waals surface area contributed by atoms with Gasteiger partial charge >= 0.3 is 0 Å². The van der Waals surface area contributed by atoms with E-state index in [1.54, 1.807) is 12.0 Å². The average Bonchev–Trinajstić information content (AvgIpc) is 2.24. The largest absolute Gasteiger partial charge is 0.384 e. The molecule has 0 bridgehead atoms. The van der Waals surface area contributed by atoms with E-state index in [2.05, 4.69) is 5.32 Å². The van der Waals surface area contributed by atoms with Crippen LogP contribution in [-0.4, -0.2) is 49.6 Å². The third kappa shape index (κ3) is 2.95. The second-order valence-electron chi connectivity index (χ2n) is 4.25. The fourth-order valence-electron chi connectivity index (χ4n) is 2.01. The number of hydrogen-bond acceptors (Lipinski definition) is 3. The molecule has 0 spiro atoms. The van der Waals surface area contributed by atoms with Gasteiger partial charge in [-0.25, -0.2) is 0 Å². The van der Waals surface area contributed by atoms with Gasteiger partial charge in [0.15, 0.2) is 0 Å². The fraction of sp³-hybridized carbons (Fsp3) is 0.818. The van der Waals surface area contributed by atoms with Crippen molar-refractivity contribution >= 4 is 11.8 Å². The summed E-state index contributed by atoms with van der Waals surface area (Å²) in [5.74, 6) is 0.190. The van der Waals surface area contributed by atoms with Crippen LogP contribution in [0.1, 0.15) is 20.3 Å². The lowest BCUT2D eigenvalue weighted by atomic mass is 10.1. The highest BCUT2D eigenvalue weighted by atomic mass is 16.5. The normalized spacial score (nSPS) is 23.2. The van der Waals surface area contributed by atoms with Gasteiger partial charge in [-0.1, -0.05) is 13.8 Å². The number of nitrogens with one attached hydrogen (secondary N) is 1. The van der Waals surface area contributed by atoms with Crippen LogP contribution in [0, 0.1) is 5.92 Å². The molecule has 0 aromatic rings. The van der Waals surface area contributed by atoms with Crippen LogP contribution in [0.4, 0.5) is 0 Å². The Hall–Kier alpha value is -1.10. The second kappa shape index (κ2) is 5.84. The Bertz CT molecular complexity index is 268. The van der Waals surface area contributed by atoms with Gasteiger partial charge in [0.1, 0.15) is 6.04 Å². The predicted octanol–water partition coefficient (Wildman–Crippen LogP) is 0.00590. The van der Waals surface area contributed by atoms with Crippen LogP contribution in [0.15, 0.2) is 0 Å². The number of ether oxygens (including phenoxy) is 1. The van der Waals surface area contributed by atoms with Crippen molar-refractivity contribution in [1.29, 1.82) is 0 Å². The molecular formula is C11H20N2O3. The highest BCUT2D eigenvalue weighted by Crippen LogP contribution is 2.12. The molecular weight excluding hydrogens is 208 g/mol. The molecule has 0 aliphatic carbocycles. The summed E-state index contributed by atoms with van der Waals surface area (Å²) in [6.45, 7) is 5.22. The van der Waals surface area contributed by atoms with E-state index in [1.807, 2.05) is 13.8 Å². The van der Waals surface area contributed by atoms with Crippen molar-refractivity contribution < 1.29 is 14.3 Å². The van der Waals surface area contributed by atoms with E-state index in [0.29, 0.717) is 19.6 Å². The van der Waals surface area contributed by atoms with Crippen molar-refractivity contribution in [2.24, 2.45) is 5.92 Å². The number of nitrogens with zero attached hydrogens (tertiary/aromatic N) is 1. The van der Waals surface area contributed by atoms with E-state index in [-0.39, 0.29) is 30.3 Å². The maximum atomic E-state index is 11.7. The average molecular weight is 228 g/mol. The molecule has 0 aromatic carbocycles. The van der Waals surface area contributed by atoms with Gasteiger partial charge in [-0.3, -0.25) is 9.59 Å². The summed E-state index contributed by atoms with van der Waals surface area (Å²) in [6, 6.07) is -0.319. The standard InChI is InChI=1S/C11H20N2O3/c1-4-9-11(15)12-5-10(14)13(9)6-8(2)7-16-3/h8-9H,4-7H2,1-3H3,(H,12,15). The van der Waals surface area contributed by atoms with E-state index in [0.717, 1.165) is 0 Å². The first-order chi connectivity index (χ1) is 7.60. The van der Waals surface area contributed by atoms with Gasteiger partial charge in [-0.15, -0.1) is 0 Å². The molecule has 5 nitrogen and oxygen atoms in total. The van der Waals surface area contributed by atoms with Gasteiger partial charge in [-0.2, -0.15) is 0 Å². The Morgan fingerprint density at radius 3 is 2.81 bits per heavy atom. The van der Waals surface area contributed by atoms with E-state index < -0.39 is 0 Å². The zero-order valence-corrected chi connectivity index (χ0v) is 10.2. The van der Waals surface area contributed by atoms with E-state index in [4.69, 9.17) is 4.74 Å². The van der Waals surface area contributed by atoms with Gasteiger partial charge in [0.05, 0.1) is 13.2 Å². The molecule has 0 radical (unpaired) electrons. The van der Waals surface area contributed by atoms with Crippen LogP contribution in [0.2, 0.25) is 0 Å². The van der Waals surface area contributed by atoms with Crippen molar-refractivity contribution in [2.75, 3.05) is 26.8 Å². The number of carbonyl (C=O) groups excluding carboxylic acids is 2. The summed E-state index contributed by atoms with van der Waals surface area (Å²) in [4.78, 5) is 25.0. The quantitative estimate of drug-likeness (QED) is 0.721. The molecule has 5 heteroatoms. The van der Waals surface area contributed by atoms with Crippen LogP contribution >= 0.6 is 0 Å². The number of carbonyl (C=O) groups is 2. The summed E-state index contributed by atoms with van der Waals surface area (Å²) in [5, 5.41) is 2.61. The monoisotopic (exact) mass is 228 g/mol. The van der Waals surface area contributed by atoms with Gasteiger partial charge in [0.2, 0.25) is 11.8 Å². The summed E-state index contributed by atoms with van der Waals surface area (Å²) in [5.41, 5.74) is 0. The second-order valence-corrected chi connectivity index (χ2v) is 4.25. The molecule has 1 N–H and O–H groups in total. The smallest absolute Gasteiger partial charge is 0.243 e. The Balaban J connectivity index is 2.64. The molecule has 2 amide bonds. The molecule has 0 saturated carbocycles. The molecule has 1 heterocycles. The van der Waals surface area contributed by atoms with Crippen LogP contribution in [-0.2, 0) is 14.3 Å². The molecule has 16 heavy (non-hydrogen) atoms. The molecule has 1 saturated heterocycles. The van der Waals surface area contributed by atoms with Crippen LogP contribution in [0.25, 0.3) is 0 Å². The minimum absolute atomic E-state index is 0.00518. The van der Waals surface area contributed by atoms with E-state index in [9.17, 15) is 9.59 Å². The lowest BCUT2D eigenvalue weighted by Crippen LogP contribution is -2.59. The number of amides is 2. The lowest BCUT2D eigenvalue weighted by Gasteiger charge is -2.35. The number of piperazine rings is 1. The Morgan fingerprint density at radius 1 is 1.56 bits per heavy atom. The first-order valence-electron chi connectivity index (χ1n) is 5.66.